The zero-order chi connectivity index (χ0) is 10.5. The van der Waals surface area contributed by atoms with E-state index in [1.807, 2.05) is 0 Å². The van der Waals surface area contributed by atoms with E-state index >= 15 is 0 Å². The van der Waals surface area contributed by atoms with E-state index in [-0.39, 0.29) is 0 Å². The topological polar surface area (TPSA) is 21.3 Å². The highest BCUT2D eigenvalue weighted by atomic mass is 16.5. The van der Waals surface area contributed by atoms with Crippen LogP contribution < -0.4 is 5.32 Å². The van der Waals surface area contributed by atoms with E-state index in [9.17, 15) is 0 Å². The normalized spacial score (nSPS) is 18.5. The van der Waals surface area contributed by atoms with Gasteiger partial charge in [0.05, 0.1) is 19.3 Å². The summed E-state index contributed by atoms with van der Waals surface area (Å²) in [6, 6.07) is 11.8. The van der Waals surface area contributed by atoms with Crippen molar-refractivity contribution in [3.05, 3.63) is 35.9 Å². The summed E-state index contributed by atoms with van der Waals surface area (Å²) in [6.45, 7) is 4.02. The van der Waals surface area contributed by atoms with Crippen molar-refractivity contribution in [2.75, 3.05) is 13.2 Å². The molecule has 0 aliphatic carbocycles. The van der Waals surface area contributed by atoms with Gasteiger partial charge in [-0.1, -0.05) is 30.3 Å². The molecule has 1 unspecified atom stereocenters. The molecule has 1 saturated heterocycles. The van der Waals surface area contributed by atoms with Crippen LogP contribution in [0.15, 0.2) is 30.3 Å². The van der Waals surface area contributed by atoms with Crippen LogP contribution in [-0.2, 0) is 11.2 Å². The summed E-state index contributed by atoms with van der Waals surface area (Å²) in [6.07, 6.45) is 2.35. The minimum Gasteiger partial charge on any atom is -0.378 e. The Morgan fingerprint density at radius 2 is 2.07 bits per heavy atom. The molecule has 1 fully saturated rings. The van der Waals surface area contributed by atoms with E-state index in [4.69, 9.17) is 4.74 Å². The van der Waals surface area contributed by atoms with Crippen molar-refractivity contribution in [3.8, 4) is 0 Å². The lowest BCUT2D eigenvalue weighted by Gasteiger charge is -2.30. The molecule has 2 heteroatoms. The maximum absolute atomic E-state index is 5.14. The van der Waals surface area contributed by atoms with Gasteiger partial charge in [0.25, 0.3) is 0 Å². The Labute approximate surface area is 91.6 Å². The second-order valence-electron chi connectivity index (χ2n) is 4.33. The number of benzene rings is 1. The lowest BCUT2D eigenvalue weighted by molar-refractivity contribution is -0.00946. The summed E-state index contributed by atoms with van der Waals surface area (Å²) in [7, 11) is 0. The van der Waals surface area contributed by atoms with Crippen molar-refractivity contribution in [1.29, 1.82) is 0 Å². The van der Waals surface area contributed by atoms with Gasteiger partial charge >= 0.3 is 0 Å². The number of aryl methyl sites for hydroxylation is 1. The maximum atomic E-state index is 5.14. The molecular formula is C13H19NO. The van der Waals surface area contributed by atoms with Crippen molar-refractivity contribution >= 4 is 0 Å². The molecule has 0 bridgehead atoms. The first-order valence-corrected chi connectivity index (χ1v) is 5.72. The van der Waals surface area contributed by atoms with Gasteiger partial charge in [0.1, 0.15) is 0 Å². The van der Waals surface area contributed by atoms with Gasteiger partial charge in [0.2, 0.25) is 0 Å². The molecule has 1 N–H and O–H groups in total. The predicted molar refractivity (Wildman–Crippen MR) is 62.0 cm³/mol. The van der Waals surface area contributed by atoms with E-state index in [1.165, 1.54) is 12.0 Å². The summed E-state index contributed by atoms with van der Waals surface area (Å²) >= 11 is 0. The van der Waals surface area contributed by atoms with Crippen molar-refractivity contribution in [2.24, 2.45) is 0 Å². The van der Waals surface area contributed by atoms with Crippen LogP contribution in [0.2, 0.25) is 0 Å². The van der Waals surface area contributed by atoms with Gasteiger partial charge < -0.3 is 10.1 Å². The Morgan fingerprint density at radius 3 is 2.67 bits per heavy atom. The highest BCUT2D eigenvalue weighted by Gasteiger charge is 2.19. The van der Waals surface area contributed by atoms with Gasteiger partial charge in [-0.3, -0.25) is 0 Å². The zero-order valence-corrected chi connectivity index (χ0v) is 9.28. The smallest absolute Gasteiger partial charge is 0.0643 e. The third kappa shape index (κ3) is 3.33. The van der Waals surface area contributed by atoms with E-state index in [1.54, 1.807) is 0 Å². The average molecular weight is 205 g/mol. The molecule has 1 aromatic carbocycles. The quantitative estimate of drug-likeness (QED) is 0.794. The van der Waals surface area contributed by atoms with E-state index < -0.39 is 0 Å². The van der Waals surface area contributed by atoms with Gasteiger partial charge in [0.15, 0.2) is 0 Å². The van der Waals surface area contributed by atoms with Crippen LogP contribution in [0.1, 0.15) is 18.9 Å². The molecule has 0 radical (unpaired) electrons. The summed E-state index contributed by atoms with van der Waals surface area (Å²) in [5.74, 6) is 0. The second kappa shape index (κ2) is 5.29. The van der Waals surface area contributed by atoms with Gasteiger partial charge in [-0.25, -0.2) is 0 Å². The lowest BCUT2D eigenvalue weighted by Crippen LogP contribution is -2.49. The molecule has 1 aliphatic rings. The first-order chi connectivity index (χ1) is 7.34. The Hall–Kier alpha value is -0.860. The molecule has 2 rings (SSSR count). The number of nitrogens with one attached hydrogen (secondary N) is 1. The monoisotopic (exact) mass is 205 g/mol. The van der Waals surface area contributed by atoms with Crippen LogP contribution >= 0.6 is 0 Å². The SMILES string of the molecule is CC(CCc1ccccc1)NC1COC1. The molecule has 0 saturated carbocycles. The number of hydrogen-bond donors (Lipinski definition) is 1. The minimum atomic E-state index is 0.583. The van der Waals surface area contributed by atoms with Gasteiger partial charge in [0, 0.05) is 6.04 Å². The number of ether oxygens (including phenoxy) is 1. The van der Waals surface area contributed by atoms with Gasteiger partial charge in [-0.05, 0) is 25.3 Å². The van der Waals surface area contributed by atoms with Crippen molar-refractivity contribution in [2.45, 2.75) is 31.8 Å². The van der Waals surface area contributed by atoms with Crippen LogP contribution in [-0.4, -0.2) is 25.3 Å². The molecule has 1 aliphatic heterocycles. The Morgan fingerprint density at radius 1 is 1.33 bits per heavy atom. The molecule has 0 aromatic heterocycles. The van der Waals surface area contributed by atoms with E-state index in [0.29, 0.717) is 12.1 Å². The fourth-order valence-electron chi connectivity index (χ4n) is 1.85. The summed E-state index contributed by atoms with van der Waals surface area (Å²) in [4.78, 5) is 0. The van der Waals surface area contributed by atoms with Crippen LogP contribution in [0.25, 0.3) is 0 Å². The average Bonchev–Trinajstić information content (AvgIpc) is 2.22. The Kier molecular flexibility index (Phi) is 3.75. The highest BCUT2D eigenvalue weighted by molar-refractivity contribution is 5.14. The molecule has 0 amide bonds. The number of hydrogen-bond acceptors (Lipinski definition) is 2. The largest absolute Gasteiger partial charge is 0.378 e. The first kappa shape index (κ1) is 10.7. The number of rotatable bonds is 5. The summed E-state index contributed by atoms with van der Waals surface area (Å²) in [5.41, 5.74) is 1.43. The lowest BCUT2D eigenvalue weighted by atomic mass is 10.1. The molecular weight excluding hydrogens is 186 g/mol. The second-order valence-corrected chi connectivity index (χ2v) is 4.33. The maximum Gasteiger partial charge on any atom is 0.0643 e. The van der Waals surface area contributed by atoms with E-state index in [2.05, 4.69) is 42.6 Å². The summed E-state index contributed by atoms with van der Waals surface area (Å²) < 4.78 is 5.14. The van der Waals surface area contributed by atoms with Crippen LogP contribution in [0.4, 0.5) is 0 Å². The van der Waals surface area contributed by atoms with Crippen LogP contribution in [0.5, 0.6) is 0 Å². The van der Waals surface area contributed by atoms with Crippen molar-refractivity contribution in [3.63, 3.8) is 0 Å². The van der Waals surface area contributed by atoms with Crippen LogP contribution in [0, 0.1) is 0 Å². The van der Waals surface area contributed by atoms with Gasteiger partial charge in [-0.15, -0.1) is 0 Å². The van der Waals surface area contributed by atoms with E-state index in [0.717, 1.165) is 19.6 Å². The fourth-order valence-corrected chi connectivity index (χ4v) is 1.85. The zero-order valence-electron chi connectivity index (χ0n) is 9.28. The predicted octanol–water partition coefficient (Wildman–Crippen LogP) is 2.00. The third-order valence-electron chi connectivity index (χ3n) is 2.87. The summed E-state index contributed by atoms with van der Waals surface area (Å²) in [5, 5.41) is 3.56. The molecule has 0 spiro atoms. The third-order valence-corrected chi connectivity index (χ3v) is 2.87. The molecule has 1 aromatic rings. The minimum absolute atomic E-state index is 0.583. The van der Waals surface area contributed by atoms with Crippen molar-refractivity contribution < 1.29 is 4.74 Å². The first-order valence-electron chi connectivity index (χ1n) is 5.72. The van der Waals surface area contributed by atoms with Crippen molar-refractivity contribution in [1.82, 2.24) is 5.32 Å². The highest BCUT2D eigenvalue weighted by Crippen LogP contribution is 2.07. The standard InChI is InChI=1S/C13H19NO/c1-11(14-13-9-15-10-13)7-8-12-5-3-2-4-6-12/h2-6,11,13-14H,7-10H2,1H3. The molecule has 1 heterocycles. The van der Waals surface area contributed by atoms with Gasteiger partial charge in [-0.2, -0.15) is 0 Å². The Balaban J connectivity index is 1.68. The molecule has 2 nitrogen and oxygen atoms in total. The Bertz CT molecular complexity index is 282. The molecule has 82 valence electrons. The van der Waals surface area contributed by atoms with Crippen LogP contribution in [0.3, 0.4) is 0 Å². The molecule has 1 atom stereocenters. The fraction of sp³-hybridized carbons (Fsp3) is 0.538. The molecule has 15 heavy (non-hydrogen) atoms.